The third kappa shape index (κ3) is 6.10. The first-order chi connectivity index (χ1) is 18.2. The van der Waals surface area contributed by atoms with Gasteiger partial charge in [-0.3, -0.25) is 0 Å². The van der Waals surface area contributed by atoms with Crippen molar-refractivity contribution in [3.8, 4) is 11.8 Å². The van der Waals surface area contributed by atoms with E-state index in [-0.39, 0.29) is 29.3 Å². The van der Waals surface area contributed by atoms with Crippen molar-refractivity contribution in [1.82, 2.24) is 0 Å². The summed E-state index contributed by atoms with van der Waals surface area (Å²) in [4.78, 5) is 0. The molecule has 0 radical (unpaired) electrons. The van der Waals surface area contributed by atoms with E-state index in [4.69, 9.17) is 13.7 Å². The summed E-state index contributed by atoms with van der Waals surface area (Å²) in [5.41, 5.74) is 5.08. The predicted molar refractivity (Wildman–Crippen MR) is 167 cm³/mol. The van der Waals surface area contributed by atoms with E-state index in [0.717, 1.165) is 36.7 Å². The van der Waals surface area contributed by atoms with E-state index in [1.54, 1.807) is 0 Å². The average Bonchev–Trinajstić information content (AvgIpc) is 3.39. The molecule has 0 bridgehead atoms. The zero-order valence-corrected chi connectivity index (χ0v) is 27.1. The van der Waals surface area contributed by atoms with Crippen molar-refractivity contribution < 1.29 is 13.7 Å². The van der Waals surface area contributed by atoms with Gasteiger partial charge in [-0.2, -0.15) is 0 Å². The Hall–Kier alpha value is -1.84. The molecule has 4 rings (SSSR count). The zero-order chi connectivity index (χ0) is 28.7. The van der Waals surface area contributed by atoms with Crippen molar-refractivity contribution in [3.05, 3.63) is 64.7 Å². The minimum absolute atomic E-state index is 0.0567. The Balaban J connectivity index is 1.61. The number of hydrogen-bond donors (Lipinski definition) is 0. The molecule has 1 saturated heterocycles. The first-order valence-electron chi connectivity index (χ1n) is 15.0. The van der Waals surface area contributed by atoms with Crippen LogP contribution in [0.3, 0.4) is 0 Å². The van der Waals surface area contributed by atoms with Gasteiger partial charge in [0.1, 0.15) is 5.60 Å². The summed E-state index contributed by atoms with van der Waals surface area (Å²) in [5, 5.41) is 0. The Morgan fingerprint density at radius 2 is 1.41 bits per heavy atom. The highest BCUT2D eigenvalue weighted by Crippen LogP contribution is 2.41. The summed E-state index contributed by atoms with van der Waals surface area (Å²) in [6.45, 7) is 22.0. The van der Waals surface area contributed by atoms with Crippen LogP contribution in [0.25, 0.3) is 0 Å². The van der Waals surface area contributed by atoms with Crippen LogP contribution in [-0.2, 0) is 19.1 Å². The van der Waals surface area contributed by atoms with Gasteiger partial charge in [0.25, 0.3) is 0 Å². The number of benzene rings is 2. The molecule has 2 aliphatic rings. The second-order valence-corrected chi connectivity index (χ2v) is 18.1. The normalized spacial score (nSPS) is 20.1. The van der Waals surface area contributed by atoms with Crippen LogP contribution in [0.15, 0.2) is 42.5 Å². The molecule has 1 aliphatic carbocycles. The highest BCUT2D eigenvalue weighted by Gasteiger charge is 2.52. The molecule has 1 aliphatic heterocycles. The third-order valence-corrected chi connectivity index (χ3v) is 10.3. The van der Waals surface area contributed by atoms with E-state index in [1.807, 2.05) is 0 Å². The largest absolute Gasteiger partial charge is 0.495 e. The molecule has 1 heterocycles. The Bertz CT molecular complexity index is 1200. The first kappa shape index (κ1) is 30.1. The van der Waals surface area contributed by atoms with Crippen molar-refractivity contribution in [2.24, 2.45) is 0 Å². The molecular formula is C34H49BO3Si. The lowest BCUT2D eigenvalue weighted by atomic mass is 9.68. The molecule has 39 heavy (non-hydrogen) atoms. The van der Waals surface area contributed by atoms with Crippen LogP contribution in [0.4, 0.5) is 0 Å². The van der Waals surface area contributed by atoms with Crippen LogP contribution in [0, 0.1) is 18.8 Å². The van der Waals surface area contributed by atoms with Crippen molar-refractivity contribution in [2.45, 2.75) is 129 Å². The number of aryl methyl sites for hydroxylation is 1. The summed E-state index contributed by atoms with van der Waals surface area (Å²) < 4.78 is 19.3. The Morgan fingerprint density at radius 1 is 0.872 bits per heavy atom. The summed E-state index contributed by atoms with van der Waals surface area (Å²) >= 11 is 0. The van der Waals surface area contributed by atoms with Gasteiger partial charge in [0.2, 0.25) is 0 Å². The fourth-order valence-corrected chi connectivity index (χ4v) is 7.71. The second kappa shape index (κ2) is 10.9. The van der Waals surface area contributed by atoms with Crippen molar-refractivity contribution in [3.63, 3.8) is 0 Å². The van der Waals surface area contributed by atoms with Crippen molar-refractivity contribution >= 4 is 20.9 Å². The number of hydrogen-bond acceptors (Lipinski definition) is 3. The molecule has 0 aromatic heterocycles. The van der Waals surface area contributed by atoms with E-state index in [2.05, 4.69) is 122 Å². The Labute approximate surface area is 239 Å². The minimum Gasteiger partial charge on any atom is -0.402 e. The molecule has 0 N–H and O–H groups in total. The average molecular weight is 545 g/mol. The molecule has 2 fully saturated rings. The minimum atomic E-state index is -1.66. The first-order valence-corrected chi connectivity index (χ1v) is 18.4. The molecule has 210 valence electrons. The van der Waals surface area contributed by atoms with Crippen LogP contribution in [0.1, 0.15) is 102 Å². The molecule has 2 aromatic rings. The molecular weight excluding hydrogens is 495 g/mol. The fraction of sp³-hybridized carbons (Fsp3) is 0.588. The van der Waals surface area contributed by atoms with Gasteiger partial charge in [0, 0.05) is 11.0 Å². The quantitative estimate of drug-likeness (QED) is 0.262. The topological polar surface area (TPSA) is 27.7 Å². The van der Waals surface area contributed by atoms with E-state index < -0.39 is 8.32 Å². The van der Waals surface area contributed by atoms with E-state index in [1.165, 1.54) is 29.5 Å². The van der Waals surface area contributed by atoms with E-state index in [0.29, 0.717) is 0 Å². The van der Waals surface area contributed by atoms with E-state index >= 15 is 0 Å². The highest BCUT2D eigenvalue weighted by molar-refractivity contribution is 6.69. The fourth-order valence-electron chi connectivity index (χ4n) is 6.28. The molecule has 0 unspecified atom stereocenters. The van der Waals surface area contributed by atoms with Gasteiger partial charge in [0.05, 0.1) is 11.2 Å². The summed E-state index contributed by atoms with van der Waals surface area (Å²) in [5.74, 6) is 7.06. The lowest BCUT2D eigenvalue weighted by molar-refractivity contribution is 0.00578. The van der Waals surface area contributed by atoms with Crippen molar-refractivity contribution in [2.75, 3.05) is 0 Å². The van der Waals surface area contributed by atoms with Crippen LogP contribution in [-0.4, -0.2) is 32.2 Å². The molecule has 2 aromatic carbocycles. The Kier molecular flexibility index (Phi) is 8.39. The molecule has 0 spiro atoms. The molecule has 5 heteroatoms. The maximum Gasteiger partial charge on any atom is 0.495 e. The monoisotopic (exact) mass is 544 g/mol. The van der Waals surface area contributed by atoms with Gasteiger partial charge in [-0.1, -0.05) is 61.6 Å². The van der Waals surface area contributed by atoms with E-state index in [9.17, 15) is 0 Å². The van der Waals surface area contributed by atoms with Gasteiger partial charge in [-0.25, -0.2) is 0 Å². The van der Waals surface area contributed by atoms with Gasteiger partial charge in [-0.05, 0) is 122 Å². The second-order valence-electron chi connectivity index (χ2n) is 13.7. The smallest absolute Gasteiger partial charge is 0.402 e. The van der Waals surface area contributed by atoms with Crippen LogP contribution >= 0.6 is 0 Å². The number of rotatable bonds is 7. The molecule has 0 amide bonds. The molecule has 3 nitrogen and oxygen atoms in total. The maximum atomic E-state index is 6.61. The van der Waals surface area contributed by atoms with Gasteiger partial charge < -0.3 is 13.7 Å². The molecule has 0 atom stereocenters. The molecule has 1 saturated carbocycles. The lowest BCUT2D eigenvalue weighted by Crippen LogP contribution is -2.41. The third-order valence-electron chi connectivity index (χ3n) is 9.32. The predicted octanol–water partition coefficient (Wildman–Crippen LogP) is 7.92. The zero-order valence-electron chi connectivity index (χ0n) is 26.1. The SMILES string of the molecule is CCC(CC)(c1ccc(C#CC2(O[Si](C)(C)C)CCCC2)cc1)c1ccc(B2OC(C)(C)C(C)(C)O2)c(C)c1. The van der Waals surface area contributed by atoms with Crippen molar-refractivity contribution in [1.29, 1.82) is 0 Å². The summed E-state index contributed by atoms with van der Waals surface area (Å²) in [7, 11) is -2.00. The summed E-state index contributed by atoms with van der Waals surface area (Å²) in [6.07, 6.45) is 6.57. The Morgan fingerprint density at radius 3 is 1.90 bits per heavy atom. The van der Waals surface area contributed by atoms with Gasteiger partial charge in [-0.15, -0.1) is 0 Å². The van der Waals surface area contributed by atoms with Gasteiger partial charge >= 0.3 is 7.12 Å². The standard InChI is InChI=1S/C34H49BO3Si/c1-11-34(12-2,29-19-20-30(26(3)25-29)35-36-31(4,5)32(6,7)37-35)28-17-15-27(16-18-28)21-24-33(22-13-14-23-33)38-39(8,9)10/h15-20,25H,11-14,22-23H2,1-10H3. The highest BCUT2D eigenvalue weighted by atomic mass is 28.4. The lowest BCUT2D eigenvalue weighted by Gasteiger charge is -2.34. The maximum absolute atomic E-state index is 6.61. The van der Waals surface area contributed by atoms with Crippen LogP contribution in [0.2, 0.25) is 19.6 Å². The summed E-state index contributed by atoms with van der Waals surface area (Å²) in [6, 6.07) is 15.8. The van der Waals surface area contributed by atoms with Gasteiger partial charge in [0.15, 0.2) is 8.32 Å². The van der Waals surface area contributed by atoms with Crippen LogP contribution < -0.4 is 5.46 Å². The van der Waals surface area contributed by atoms with Crippen LogP contribution in [0.5, 0.6) is 0 Å².